The molecule has 0 aliphatic carbocycles. The van der Waals surface area contributed by atoms with Gasteiger partial charge in [-0.1, -0.05) is 30.3 Å². The van der Waals surface area contributed by atoms with Gasteiger partial charge in [-0.05, 0) is 37.3 Å². The van der Waals surface area contributed by atoms with Crippen molar-refractivity contribution in [3.63, 3.8) is 0 Å². The fourth-order valence-corrected chi connectivity index (χ4v) is 2.23. The number of aryl methyl sites for hydroxylation is 1. The zero-order valence-corrected chi connectivity index (χ0v) is 9.23. The Labute approximate surface area is 95.5 Å². The molecule has 1 aromatic rings. The number of aliphatic carboxylic acids is 1. The molecule has 16 heavy (non-hydrogen) atoms. The Bertz CT molecular complexity index is 350. The van der Waals surface area contributed by atoms with Gasteiger partial charge in [-0.3, -0.25) is 4.79 Å². The molecule has 0 spiro atoms. The molecule has 1 heterocycles. The molecule has 2 atom stereocenters. The van der Waals surface area contributed by atoms with Crippen molar-refractivity contribution in [1.82, 2.24) is 5.32 Å². The Balaban J connectivity index is 1.78. The van der Waals surface area contributed by atoms with Gasteiger partial charge < -0.3 is 10.4 Å². The van der Waals surface area contributed by atoms with Crippen LogP contribution in [0.4, 0.5) is 0 Å². The summed E-state index contributed by atoms with van der Waals surface area (Å²) in [5, 5.41) is 11.9. The maximum Gasteiger partial charge on any atom is 0.320 e. The molecule has 3 heteroatoms. The highest BCUT2D eigenvalue weighted by atomic mass is 16.4. The summed E-state index contributed by atoms with van der Waals surface area (Å²) in [5.74, 6) is -0.219. The molecule has 2 N–H and O–H groups in total. The van der Waals surface area contributed by atoms with E-state index in [9.17, 15) is 4.79 Å². The molecule has 0 saturated carbocycles. The Morgan fingerprint density at radius 2 is 2.12 bits per heavy atom. The fourth-order valence-electron chi connectivity index (χ4n) is 2.23. The van der Waals surface area contributed by atoms with Gasteiger partial charge in [-0.25, -0.2) is 0 Å². The van der Waals surface area contributed by atoms with Gasteiger partial charge in [-0.15, -0.1) is 0 Å². The Kier molecular flexibility index (Phi) is 3.57. The van der Waals surface area contributed by atoms with Crippen molar-refractivity contribution in [3.05, 3.63) is 35.9 Å². The van der Waals surface area contributed by atoms with Crippen LogP contribution >= 0.6 is 0 Å². The normalized spacial score (nSPS) is 24.5. The molecule has 1 fully saturated rings. The van der Waals surface area contributed by atoms with Crippen molar-refractivity contribution in [2.75, 3.05) is 6.54 Å². The van der Waals surface area contributed by atoms with Crippen molar-refractivity contribution in [2.45, 2.75) is 25.3 Å². The number of carboxylic acids is 1. The third-order valence-corrected chi connectivity index (χ3v) is 3.20. The van der Waals surface area contributed by atoms with Gasteiger partial charge in [0.2, 0.25) is 0 Å². The molecule has 0 bridgehead atoms. The van der Waals surface area contributed by atoms with Crippen LogP contribution in [0.5, 0.6) is 0 Å². The lowest BCUT2D eigenvalue weighted by atomic mass is 9.97. The maximum atomic E-state index is 10.8. The van der Waals surface area contributed by atoms with Crippen LogP contribution in [0.15, 0.2) is 30.3 Å². The lowest BCUT2D eigenvalue weighted by Gasteiger charge is -2.07. The maximum absolute atomic E-state index is 10.8. The minimum absolute atomic E-state index is 0.333. The molecular weight excluding hydrogens is 202 g/mol. The van der Waals surface area contributed by atoms with Crippen LogP contribution in [-0.4, -0.2) is 23.7 Å². The third-order valence-electron chi connectivity index (χ3n) is 3.20. The molecule has 0 unspecified atom stereocenters. The second-order valence-corrected chi connectivity index (χ2v) is 4.43. The lowest BCUT2D eigenvalue weighted by Crippen LogP contribution is -2.29. The summed E-state index contributed by atoms with van der Waals surface area (Å²) in [6.07, 6.45) is 2.88. The van der Waals surface area contributed by atoms with E-state index in [1.54, 1.807) is 0 Å². The van der Waals surface area contributed by atoms with E-state index in [-0.39, 0.29) is 6.04 Å². The molecule has 2 rings (SSSR count). The molecule has 0 aromatic heterocycles. The number of hydrogen-bond acceptors (Lipinski definition) is 2. The van der Waals surface area contributed by atoms with Crippen molar-refractivity contribution < 1.29 is 9.90 Å². The number of carboxylic acid groups (broad SMARTS) is 1. The minimum atomic E-state index is -0.720. The van der Waals surface area contributed by atoms with Crippen LogP contribution in [0, 0.1) is 5.92 Å². The number of benzene rings is 1. The predicted molar refractivity (Wildman–Crippen MR) is 62.3 cm³/mol. The summed E-state index contributed by atoms with van der Waals surface area (Å²) in [5.41, 5.74) is 1.33. The average molecular weight is 219 g/mol. The molecule has 1 aromatic carbocycles. The quantitative estimate of drug-likeness (QED) is 0.810. The summed E-state index contributed by atoms with van der Waals surface area (Å²) in [4.78, 5) is 10.8. The van der Waals surface area contributed by atoms with Crippen LogP contribution in [-0.2, 0) is 11.2 Å². The standard InChI is InChI=1S/C13H17NO2/c15-13(16)12-8-11(9-14-12)7-6-10-4-2-1-3-5-10/h1-5,11-12,14H,6-9H2,(H,15,16)/t11-,12-/m0/s1. The van der Waals surface area contributed by atoms with Crippen molar-refractivity contribution in [1.29, 1.82) is 0 Å². The monoisotopic (exact) mass is 219 g/mol. The smallest absolute Gasteiger partial charge is 0.320 e. The Morgan fingerprint density at radius 1 is 1.38 bits per heavy atom. The largest absolute Gasteiger partial charge is 0.480 e. The highest BCUT2D eigenvalue weighted by molar-refractivity contribution is 5.73. The summed E-state index contributed by atoms with van der Waals surface area (Å²) in [7, 11) is 0. The second kappa shape index (κ2) is 5.12. The van der Waals surface area contributed by atoms with Crippen LogP contribution < -0.4 is 5.32 Å². The first-order valence-corrected chi connectivity index (χ1v) is 5.76. The zero-order chi connectivity index (χ0) is 11.4. The fraction of sp³-hybridized carbons (Fsp3) is 0.462. The van der Waals surface area contributed by atoms with E-state index < -0.39 is 5.97 Å². The van der Waals surface area contributed by atoms with Gasteiger partial charge in [0.25, 0.3) is 0 Å². The predicted octanol–water partition coefficient (Wildman–Crippen LogP) is 1.68. The lowest BCUT2D eigenvalue weighted by molar-refractivity contribution is -0.139. The molecular formula is C13H17NO2. The van der Waals surface area contributed by atoms with E-state index >= 15 is 0 Å². The van der Waals surface area contributed by atoms with Crippen molar-refractivity contribution in [3.8, 4) is 0 Å². The third kappa shape index (κ3) is 2.83. The Morgan fingerprint density at radius 3 is 2.75 bits per heavy atom. The highest BCUT2D eigenvalue weighted by Crippen LogP contribution is 2.19. The molecule has 1 saturated heterocycles. The van der Waals surface area contributed by atoms with Crippen LogP contribution in [0.2, 0.25) is 0 Å². The molecule has 1 aliphatic rings. The summed E-state index contributed by atoms with van der Waals surface area (Å²) >= 11 is 0. The number of carbonyl (C=O) groups is 1. The molecule has 1 aliphatic heterocycles. The van der Waals surface area contributed by atoms with Gasteiger partial charge in [0.15, 0.2) is 0 Å². The van der Waals surface area contributed by atoms with Gasteiger partial charge in [0.05, 0.1) is 0 Å². The van der Waals surface area contributed by atoms with Gasteiger partial charge in [0, 0.05) is 0 Å². The van der Waals surface area contributed by atoms with E-state index in [1.165, 1.54) is 5.56 Å². The van der Waals surface area contributed by atoms with E-state index in [4.69, 9.17) is 5.11 Å². The number of hydrogen-bond donors (Lipinski definition) is 2. The minimum Gasteiger partial charge on any atom is -0.480 e. The summed E-state index contributed by atoms with van der Waals surface area (Å²) in [6, 6.07) is 10.0. The molecule has 86 valence electrons. The first kappa shape index (κ1) is 11.1. The number of rotatable bonds is 4. The zero-order valence-electron chi connectivity index (χ0n) is 9.23. The highest BCUT2D eigenvalue weighted by Gasteiger charge is 2.28. The van der Waals surface area contributed by atoms with Crippen molar-refractivity contribution in [2.24, 2.45) is 5.92 Å². The first-order valence-electron chi connectivity index (χ1n) is 5.76. The van der Waals surface area contributed by atoms with Crippen molar-refractivity contribution >= 4 is 5.97 Å². The van der Waals surface area contributed by atoms with Crippen LogP contribution in [0.25, 0.3) is 0 Å². The van der Waals surface area contributed by atoms with Gasteiger partial charge >= 0.3 is 5.97 Å². The van der Waals surface area contributed by atoms with Gasteiger partial charge in [0.1, 0.15) is 6.04 Å². The van der Waals surface area contributed by atoms with E-state index in [0.717, 1.165) is 25.8 Å². The van der Waals surface area contributed by atoms with E-state index in [1.807, 2.05) is 18.2 Å². The van der Waals surface area contributed by atoms with Gasteiger partial charge in [-0.2, -0.15) is 0 Å². The van der Waals surface area contributed by atoms with E-state index in [0.29, 0.717) is 5.92 Å². The summed E-state index contributed by atoms with van der Waals surface area (Å²) < 4.78 is 0. The number of nitrogens with one attached hydrogen (secondary N) is 1. The molecule has 3 nitrogen and oxygen atoms in total. The second-order valence-electron chi connectivity index (χ2n) is 4.43. The first-order chi connectivity index (χ1) is 7.75. The van der Waals surface area contributed by atoms with Crippen LogP contribution in [0.3, 0.4) is 0 Å². The molecule has 0 radical (unpaired) electrons. The topological polar surface area (TPSA) is 49.3 Å². The summed E-state index contributed by atoms with van der Waals surface area (Å²) in [6.45, 7) is 0.837. The SMILES string of the molecule is O=C(O)[C@@H]1C[C@H](CCc2ccccc2)CN1. The molecule has 0 amide bonds. The average Bonchev–Trinajstić information content (AvgIpc) is 2.76. The Hall–Kier alpha value is -1.35. The van der Waals surface area contributed by atoms with Crippen LogP contribution in [0.1, 0.15) is 18.4 Å². The van der Waals surface area contributed by atoms with E-state index in [2.05, 4.69) is 17.4 Å².